The number of amides is 2. The van der Waals surface area contributed by atoms with Gasteiger partial charge in [0.1, 0.15) is 15.9 Å². The maximum atomic E-state index is 12.9. The van der Waals surface area contributed by atoms with Crippen LogP contribution in [0.25, 0.3) is 10.8 Å². The van der Waals surface area contributed by atoms with E-state index in [1.165, 1.54) is 11.8 Å². The molecule has 0 bridgehead atoms. The van der Waals surface area contributed by atoms with Crippen molar-refractivity contribution >= 4 is 50.2 Å². The Morgan fingerprint density at radius 3 is 2.38 bits per heavy atom. The van der Waals surface area contributed by atoms with Crippen LogP contribution in [0.3, 0.4) is 0 Å². The maximum Gasteiger partial charge on any atom is 0.326 e. The number of carbonyl (C=O) groups excluding carboxylic acids is 2. The molecule has 3 rings (SSSR count). The van der Waals surface area contributed by atoms with Gasteiger partial charge in [-0.25, -0.2) is 13.2 Å². The number of thioether (sulfide) groups is 1. The van der Waals surface area contributed by atoms with Crippen molar-refractivity contribution in [3.63, 3.8) is 0 Å². The van der Waals surface area contributed by atoms with E-state index >= 15 is 0 Å². The average molecular weight is 586 g/mol. The molecule has 0 aromatic heterocycles. The van der Waals surface area contributed by atoms with Crippen molar-refractivity contribution in [1.82, 2.24) is 15.5 Å². The van der Waals surface area contributed by atoms with E-state index in [2.05, 4.69) is 10.6 Å². The number of sulfone groups is 1. The molecule has 0 aliphatic rings. The van der Waals surface area contributed by atoms with Gasteiger partial charge >= 0.3 is 5.97 Å². The van der Waals surface area contributed by atoms with Gasteiger partial charge in [-0.15, -0.1) is 11.8 Å². The largest absolute Gasteiger partial charge is 0.480 e. The van der Waals surface area contributed by atoms with E-state index in [4.69, 9.17) is 0 Å². The molecule has 0 aliphatic heterocycles. The Morgan fingerprint density at radius 2 is 1.65 bits per heavy atom. The molecule has 0 saturated heterocycles. The maximum absolute atomic E-state index is 12.9. The Morgan fingerprint density at radius 1 is 0.950 bits per heavy atom. The number of fused-ring (bicyclic) bond motifs is 1. The number of aliphatic carboxylic acids is 1. The Hall–Kier alpha value is -3.41. The van der Waals surface area contributed by atoms with Crippen molar-refractivity contribution in [3.05, 3.63) is 83.9 Å². The number of hydrogen-bond donors (Lipinski definition) is 3. The van der Waals surface area contributed by atoms with E-state index in [-0.39, 0.29) is 24.6 Å². The van der Waals surface area contributed by atoms with E-state index in [0.717, 1.165) is 33.9 Å². The van der Waals surface area contributed by atoms with Crippen molar-refractivity contribution in [1.29, 1.82) is 0 Å². The van der Waals surface area contributed by atoms with Crippen molar-refractivity contribution in [2.45, 2.75) is 24.8 Å². The number of nitrogens with zero attached hydrogens (tertiary/aromatic N) is 1. The predicted octanol–water partition coefficient (Wildman–Crippen LogP) is 2.70. The predicted molar refractivity (Wildman–Crippen MR) is 159 cm³/mol. The number of carboxylic acid groups (broad SMARTS) is 1. The van der Waals surface area contributed by atoms with Crippen molar-refractivity contribution in [2.24, 2.45) is 0 Å². The van der Waals surface area contributed by atoms with Gasteiger partial charge in [-0.2, -0.15) is 0 Å². The van der Waals surface area contributed by atoms with E-state index in [0.29, 0.717) is 25.4 Å². The van der Waals surface area contributed by atoms with Crippen LogP contribution < -0.4 is 10.6 Å². The van der Waals surface area contributed by atoms with E-state index in [1.807, 2.05) is 77.7 Å². The third-order valence-corrected chi connectivity index (χ3v) is 8.13. The first-order chi connectivity index (χ1) is 19.1. The normalized spacial score (nSPS) is 12.2. The number of benzene rings is 3. The van der Waals surface area contributed by atoms with Gasteiger partial charge in [0.15, 0.2) is 0 Å². The smallest absolute Gasteiger partial charge is 0.326 e. The molecule has 1 atom stereocenters. The summed E-state index contributed by atoms with van der Waals surface area (Å²) in [5, 5.41) is 16.9. The Kier molecular flexibility index (Phi) is 12.0. The third-order valence-electron chi connectivity index (χ3n) is 6.15. The first kappa shape index (κ1) is 31.1. The number of carbonyl (C=O) groups is 3. The molecule has 3 aromatic rings. The second-order valence-corrected chi connectivity index (χ2v) is 12.8. The highest BCUT2D eigenvalue weighted by Gasteiger charge is 2.23. The summed E-state index contributed by atoms with van der Waals surface area (Å²) >= 11 is 1.52. The summed E-state index contributed by atoms with van der Waals surface area (Å²) in [5.74, 6) is -1.26. The Bertz CT molecular complexity index is 1390. The van der Waals surface area contributed by atoms with Crippen LogP contribution in [0.15, 0.2) is 72.8 Å². The van der Waals surface area contributed by atoms with Gasteiger partial charge in [0.2, 0.25) is 11.8 Å². The van der Waals surface area contributed by atoms with Crippen LogP contribution in [0.1, 0.15) is 17.5 Å². The van der Waals surface area contributed by atoms with Gasteiger partial charge in [0.25, 0.3) is 0 Å². The lowest BCUT2D eigenvalue weighted by Crippen LogP contribution is -2.47. The van der Waals surface area contributed by atoms with Crippen molar-refractivity contribution in [2.75, 3.05) is 37.4 Å². The summed E-state index contributed by atoms with van der Waals surface area (Å²) in [5.41, 5.74) is 2.13. The van der Waals surface area contributed by atoms with E-state index in [1.54, 1.807) is 0 Å². The van der Waals surface area contributed by atoms with Gasteiger partial charge in [0.05, 0.1) is 18.1 Å². The second kappa shape index (κ2) is 15.4. The molecule has 9 nitrogen and oxygen atoms in total. The van der Waals surface area contributed by atoms with Gasteiger partial charge in [-0.1, -0.05) is 72.8 Å². The topological polar surface area (TPSA) is 133 Å². The minimum Gasteiger partial charge on any atom is -0.480 e. The number of rotatable bonds is 16. The van der Waals surface area contributed by atoms with E-state index < -0.39 is 27.8 Å². The molecule has 214 valence electrons. The molecule has 0 heterocycles. The van der Waals surface area contributed by atoms with Crippen LogP contribution in [0.4, 0.5) is 0 Å². The van der Waals surface area contributed by atoms with Gasteiger partial charge in [-0.05, 0) is 28.3 Å². The summed E-state index contributed by atoms with van der Waals surface area (Å²) in [4.78, 5) is 38.7. The fraction of sp³-hybridized carbons (Fsp3) is 0.345. The van der Waals surface area contributed by atoms with Gasteiger partial charge < -0.3 is 15.7 Å². The van der Waals surface area contributed by atoms with Crippen molar-refractivity contribution < 1.29 is 27.9 Å². The summed E-state index contributed by atoms with van der Waals surface area (Å²) < 4.78 is 23.0. The molecule has 3 aromatic carbocycles. The highest BCUT2D eigenvalue weighted by atomic mass is 32.2. The first-order valence-corrected chi connectivity index (χ1v) is 16.1. The van der Waals surface area contributed by atoms with Crippen LogP contribution in [0.5, 0.6) is 0 Å². The van der Waals surface area contributed by atoms with Crippen LogP contribution in [0.2, 0.25) is 0 Å². The zero-order chi connectivity index (χ0) is 29.0. The zero-order valence-corrected chi connectivity index (χ0v) is 24.0. The molecule has 3 N–H and O–H groups in total. The third kappa shape index (κ3) is 11.0. The lowest BCUT2D eigenvalue weighted by Gasteiger charge is -2.24. The van der Waals surface area contributed by atoms with Crippen LogP contribution in [-0.4, -0.2) is 79.6 Å². The Labute approximate surface area is 239 Å². The monoisotopic (exact) mass is 585 g/mol. The lowest BCUT2D eigenvalue weighted by molar-refractivity contribution is -0.142. The summed E-state index contributed by atoms with van der Waals surface area (Å²) in [7, 11) is -3.38. The highest BCUT2D eigenvalue weighted by molar-refractivity contribution is 7.99. The van der Waals surface area contributed by atoms with Crippen molar-refractivity contribution in [3.8, 4) is 0 Å². The van der Waals surface area contributed by atoms with Gasteiger partial charge in [-0.3, -0.25) is 14.5 Å². The van der Waals surface area contributed by atoms with Gasteiger partial charge in [0, 0.05) is 31.6 Å². The van der Waals surface area contributed by atoms with E-state index in [9.17, 15) is 27.9 Å². The molecule has 0 unspecified atom stereocenters. The highest BCUT2D eigenvalue weighted by Crippen LogP contribution is 2.20. The minimum absolute atomic E-state index is 0.109. The number of hydrogen-bond acceptors (Lipinski definition) is 7. The molecular formula is C29H35N3O6S2. The molecule has 0 saturated carbocycles. The standard InChI is InChI=1S/C29H35N3O6S2/c1-40(37,38)17-14-26(29(35)36)31-27(33)19-32(18-24-12-7-11-23-10-5-6-13-25(23)24)16-15-30-28(34)21-39-20-22-8-3-2-4-9-22/h2-13,26H,14-21H2,1H3,(H,30,34)(H,31,33)(H,35,36)/t26-/m0/s1. The summed E-state index contributed by atoms with van der Waals surface area (Å²) in [6.07, 6.45) is 0.800. The molecule has 0 aliphatic carbocycles. The summed E-state index contributed by atoms with van der Waals surface area (Å²) in [6.45, 7) is 0.936. The molecule has 11 heteroatoms. The molecule has 0 spiro atoms. The molecule has 0 radical (unpaired) electrons. The summed E-state index contributed by atoms with van der Waals surface area (Å²) in [6, 6.07) is 22.4. The van der Waals surface area contributed by atoms with Crippen LogP contribution >= 0.6 is 11.8 Å². The molecule has 2 amide bonds. The molecule has 0 fully saturated rings. The fourth-order valence-corrected chi connectivity index (χ4v) is 5.64. The number of nitrogens with one attached hydrogen (secondary N) is 2. The lowest BCUT2D eigenvalue weighted by atomic mass is 10.0. The SMILES string of the molecule is CS(=O)(=O)CC[C@H](NC(=O)CN(CCNC(=O)CSCc1ccccc1)Cc1cccc2ccccc12)C(=O)O. The van der Waals surface area contributed by atoms with Crippen LogP contribution in [0, 0.1) is 0 Å². The van der Waals surface area contributed by atoms with Crippen LogP contribution in [-0.2, 0) is 36.5 Å². The fourth-order valence-electron chi connectivity index (χ4n) is 4.16. The first-order valence-electron chi connectivity index (χ1n) is 12.9. The zero-order valence-electron chi connectivity index (χ0n) is 22.4. The Balaban J connectivity index is 1.61. The molecule has 40 heavy (non-hydrogen) atoms. The second-order valence-electron chi connectivity index (χ2n) is 9.55. The molecular weight excluding hydrogens is 550 g/mol. The quantitative estimate of drug-likeness (QED) is 0.234. The average Bonchev–Trinajstić information content (AvgIpc) is 2.91. The minimum atomic E-state index is -3.38. The number of carboxylic acids is 1.